The number of aliphatic hydroxyl groups is 1. The number of allylic oxidation sites excluding steroid dienone is 1. The molecule has 2 aliphatic rings. The number of aromatic hydroxyl groups is 2. The van der Waals surface area contributed by atoms with Gasteiger partial charge in [0.1, 0.15) is 0 Å². The van der Waals surface area contributed by atoms with Gasteiger partial charge in [-0.25, -0.2) is 4.39 Å². The second kappa shape index (κ2) is 13.9. The monoisotopic (exact) mass is 544 g/mol. The van der Waals surface area contributed by atoms with Crippen LogP contribution in [0, 0.1) is 5.41 Å². The molecule has 216 valence electrons. The van der Waals surface area contributed by atoms with Crippen molar-refractivity contribution in [1.29, 1.82) is 0 Å². The van der Waals surface area contributed by atoms with Gasteiger partial charge in [-0.05, 0) is 69.3 Å². The van der Waals surface area contributed by atoms with Crippen molar-refractivity contribution in [2.75, 3.05) is 13.1 Å². The van der Waals surface area contributed by atoms with Crippen molar-refractivity contribution in [3.05, 3.63) is 61.0 Å². The van der Waals surface area contributed by atoms with E-state index >= 15 is 0 Å². The number of nitrogens with zero attached hydrogens (tertiary/aromatic N) is 2. The molecule has 1 aliphatic carbocycles. The number of carbonyl (C=O) groups excluding carboxylic acids is 2. The van der Waals surface area contributed by atoms with Gasteiger partial charge in [0.2, 0.25) is 11.8 Å². The second-order valence-corrected chi connectivity index (χ2v) is 10.6. The minimum absolute atomic E-state index is 0.00161. The van der Waals surface area contributed by atoms with Gasteiger partial charge in [-0.15, -0.1) is 13.2 Å². The molecule has 1 aromatic rings. The van der Waals surface area contributed by atoms with E-state index in [4.69, 9.17) is 0 Å². The zero-order chi connectivity index (χ0) is 29.4. The number of piperidine rings is 1. The Balaban J connectivity index is 0.00000260. The van der Waals surface area contributed by atoms with E-state index in [0.29, 0.717) is 45.2 Å². The summed E-state index contributed by atoms with van der Waals surface area (Å²) in [6, 6.07) is 3.96. The van der Waals surface area contributed by atoms with Gasteiger partial charge in [-0.3, -0.25) is 19.4 Å². The molecule has 8 heteroatoms. The van der Waals surface area contributed by atoms with E-state index in [1.807, 2.05) is 20.8 Å². The summed E-state index contributed by atoms with van der Waals surface area (Å²) in [5.74, 6) is -1.72. The summed E-state index contributed by atoms with van der Waals surface area (Å²) >= 11 is 0. The van der Waals surface area contributed by atoms with Crippen LogP contribution in [0.4, 0.5) is 4.39 Å². The lowest BCUT2D eigenvalue weighted by Gasteiger charge is -2.61. The van der Waals surface area contributed by atoms with Crippen LogP contribution >= 0.6 is 0 Å². The standard InChI is InChI=1S/C29H39FN2O5.C2H6/c1-5-7-26(35)32(27(36)11-8-20(3)30)22-12-13-29(37)25(18-21-9-10-23(33)24(34)17-21)31(15-6-2)16-14-28(29,4)19-22;1-2/h5-6,8-10,17,22,25,33-34,37H,1-2,7,11-16,18-19H2,3-4H3;1-2H3/b20-8+;/t22?,25-,28?,29?;/m1./s1. The Kier molecular flexibility index (Phi) is 11.5. The molecule has 1 aromatic carbocycles. The average molecular weight is 545 g/mol. The van der Waals surface area contributed by atoms with Crippen LogP contribution in [0.3, 0.4) is 0 Å². The molecule has 39 heavy (non-hydrogen) atoms. The van der Waals surface area contributed by atoms with Crippen LogP contribution in [0.15, 0.2) is 55.4 Å². The van der Waals surface area contributed by atoms with Crippen molar-refractivity contribution in [3.63, 3.8) is 0 Å². The maximum atomic E-state index is 13.3. The van der Waals surface area contributed by atoms with E-state index < -0.39 is 28.8 Å². The fourth-order valence-electron chi connectivity index (χ4n) is 6.14. The van der Waals surface area contributed by atoms with Crippen LogP contribution in [0.1, 0.15) is 71.8 Å². The first-order valence-electron chi connectivity index (χ1n) is 13.8. The summed E-state index contributed by atoms with van der Waals surface area (Å²) in [7, 11) is 0. The average Bonchev–Trinajstić information content (AvgIpc) is 2.89. The zero-order valence-corrected chi connectivity index (χ0v) is 23.8. The lowest BCUT2D eigenvalue weighted by Crippen LogP contribution is -2.69. The van der Waals surface area contributed by atoms with Gasteiger partial charge in [-0.2, -0.15) is 0 Å². The quantitative estimate of drug-likeness (QED) is 0.284. The molecule has 3 rings (SSSR count). The Morgan fingerprint density at radius 2 is 1.79 bits per heavy atom. The van der Waals surface area contributed by atoms with Crippen molar-refractivity contribution < 1.29 is 29.3 Å². The number of carbonyl (C=O) groups is 2. The minimum atomic E-state index is -1.14. The molecule has 4 atom stereocenters. The zero-order valence-electron chi connectivity index (χ0n) is 23.8. The van der Waals surface area contributed by atoms with Crippen molar-refractivity contribution in [2.45, 2.75) is 90.3 Å². The van der Waals surface area contributed by atoms with E-state index in [2.05, 4.69) is 18.1 Å². The number of amides is 2. The van der Waals surface area contributed by atoms with Gasteiger partial charge in [0.15, 0.2) is 11.5 Å². The fraction of sp³-hybridized carbons (Fsp3) is 0.548. The summed E-state index contributed by atoms with van der Waals surface area (Å²) in [5.41, 5.74) is -0.958. The Bertz CT molecular complexity index is 1070. The molecule has 1 heterocycles. The first-order valence-corrected chi connectivity index (χ1v) is 13.8. The number of rotatable bonds is 9. The van der Waals surface area contributed by atoms with Crippen molar-refractivity contribution in [3.8, 4) is 11.5 Å². The van der Waals surface area contributed by atoms with Gasteiger partial charge in [0.25, 0.3) is 0 Å². The highest BCUT2D eigenvalue weighted by molar-refractivity contribution is 5.96. The molecule has 7 nitrogen and oxygen atoms in total. The molecule has 0 bridgehead atoms. The molecule has 1 saturated heterocycles. The first kappa shape index (κ1) is 32.2. The Labute approximate surface area is 232 Å². The lowest BCUT2D eigenvalue weighted by molar-refractivity contribution is -0.197. The first-order chi connectivity index (χ1) is 18.5. The van der Waals surface area contributed by atoms with Crippen LogP contribution in [-0.4, -0.2) is 67.7 Å². The maximum absolute atomic E-state index is 13.3. The van der Waals surface area contributed by atoms with Crippen LogP contribution in [0.25, 0.3) is 0 Å². The highest BCUT2D eigenvalue weighted by Crippen LogP contribution is 2.54. The number of hydrogen-bond donors (Lipinski definition) is 3. The number of hydrogen-bond acceptors (Lipinski definition) is 6. The summed E-state index contributed by atoms with van der Waals surface area (Å²) in [6.45, 7) is 16.0. The van der Waals surface area contributed by atoms with Gasteiger partial charge in [0, 0.05) is 36.9 Å². The van der Waals surface area contributed by atoms with E-state index in [1.165, 1.54) is 36.1 Å². The SMILES string of the molecule is C=CCC(=O)N(C(=O)C/C=C(\C)F)C1CCC2(O)[C@@H](Cc3ccc(O)c(O)c3)N(CC=C)CCC2(C)C1.CC. The number of benzene rings is 1. The predicted molar refractivity (Wildman–Crippen MR) is 152 cm³/mol. The summed E-state index contributed by atoms with van der Waals surface area (Å²) in [6.07, 6.45) is 6.53. The van der Waals surface area contributed by atoms with Gasteiger partial charge in [0.05, 0.1) is 11.4 Å². The molecule has 3 N–H and O–H groups in total. The number of phenols is 2. The Hall–Kier alpha value is -2.97. The molecular formula is C31H45FN2O5. The molecular weight excluding hydrogens is 499 g/mol. The largest absolute Gasteiger partial charge is 0.504 e. The summed E-state index contributed by atoms with van der Waals surface area (Å²) < 4.78 is 13.3. The molecule has 2 amide bonds. The van der Waals surface area contributed by atoms with E-state index in [9.17, 15) is 29.3 Å². The van der Waals surface area contributed by atoms with Crippen LogP contribution < -0.4 is 0 Å². The molecule has 0 radical (unpaired) electrons. The van der Waals surface area contributed by atoms with E-state index in [1.54, 1.807) is 12.1 Å². The maximum Gasteiger partial charge on any atom is 0.233 e. The Morgan fingerprint density at radius 3 is 2.38 bits per heavy atom. The van der Waals surface area contributed by atoms with Gasteiger partial charge < -0.3 is 15.3 Å². The third-order valence-corrected chi connectivity index (χ3v) is 8.14. The van der Waals surface area contributed by atoms with Crippen LogP contribution in [-0.2, 0) is 16.0 Å². The van der Waals surface area contributed by atoms with Crippen LogP contribution in [0.2, 0.25) is 0 Å². The Morgan fingerprint density at radius 1 is 1.13 bits per heavy atom. The summed E-state index contributed by atoms with van der Waals surface area (Å²) in [5, 5.41) is 32.0. The predicted octanol–water partition coefficient (Wildman–Crippen LogP) is 5.41. The van der Waals surface area contributed by atoms with Gasteiger partial charge >= 0.3 is 0 Å². The number of fused-ring (bicyclic) bond motifs is 1. The molecule has 0 spiro atoms. The molecule has 2 fully saturated rings. The second-order valence-electron chi connectivity index (χ2n) is 10.6. The summed E-state index contributed by atoms with van der Waals surface area (Å²) in [4.78, 5) is 29.5. The van der Waals surface area contributed by atoms with E-state index in [0.717, 1.165) is 5.56 Å². The normalized spacial score (nSPS) is 27.0. The molecule has 3 unspecified atom stereocenters. The topological polar surface area (TPSA) is 101 Å². The number of halogens is 1. The molecule has 1 saturated carbocycles. The third kappa shape index (κ3) is 7.17. The van der Waals surface area contributed by atoms with Crippen molar-refractivity contribution in [1.82, 2.24) is 9.80 Å². The highest BCUT2D eigenvalue weighted by Gasteiger charge is 2.59. The fourth-order valence-corrected chi connectivity index (χ4v) is 6.14. The molecule has 0 aromatic heterocycles. The van der Waals surface area contributed by atoms with Crippen molar-refractivity contribution >= 4 is 11.8 Å². The smallest absolute Gasteiger partial charge is 0.233 e. The lowest BCUT2D eigenvalue weighted by atomic mass is 9.55. The van der Waals surface area contributed by atoms with E-state index in [-0.39, 0.29) is 36.3 Å². The van der Waals surface area contributed by atoms with Crippen molar-refractivity contribution in [2.24, 2.45) is 5.41 Å². The molecule has 1 aliphatic heterocycles. The number of likely N-dealkylation sites (tertiary alicyclic amines) is 1. The highest BCUT2D eigenvalue weighted by atomic mass is 19.1. The number of imide groups is 1. The van der Waals surface area contributed by atoms with Gasteiger partial charge in [-0.1, -0.05) is 39.0 Å². The third-order valence-electron chi connectivity index (χ3n) is 8.14. The minimum Gasteiger partial charge on any atom is -0.504 e. The van der Waals surface area contributed by atoms with Crippen LogP contribution in [0.5, 0.6) is 11.5 Å². The number of phenolic OH excluding ortho intramolecular Hbond substituents is 2.